The van der Waals surface area contributed by atoms with Gasteiger partial charge < -0.3 is 4.74 Å². The van der Waals surface area contributed by atoms with Crippen LogP contribution < -0.4 is 5.69 Å². The summed E-state index contributed by atoms with van der Waals surface area (Å²) in [6, 6.07) is 4.35. The molecule has 3 aromatic rings. The van der Waals surface area contributed by atoms with Crippen LogP contribution in [0.5, 0.6) is 0 Å². The van der Waals surface area contributed by atoms with Crippen LogP contribution >= 0.6 is 0 Å². The maximum atomic E-state index is 14.1. The summed E-state index contributed by atoms with van der Waals surface area (Å²) in [5.41, 5.74) is -0.157. The number of aromatic nitrogens is 4. The van der Waals surface area contributed by atoms with Gasteiger partial charge in [0.2, 0.25) is 0 Å². The molecule has 0 aliphatic heterocycles. The second-order valence-corrected chi connectivity index (χ2v) is 4.37. The van der Waals surface area contributed by atoms with Gasteiger partial charge in [-0.2, -0.15) is 4.52 Å². The molecular formula is C13H11FN4O3. The number of fused-ring (bicyclic) bond motifs is 3. The second-order valence-electron chi connectivity index (χ2n) is 4.37. The number of ether oxygens (including phenoxy) is 1. The van der Waals surface area contributed by atoms with E-state index in [-0.39, 0.29) is 23.5 Å². The number of rotatable bonds is 2. The number of nitrogens with zero attached hydrogens (tertiary/aromatic N) is 4. The minimum atomic E-state index is -0.757. The summed E-state index contributed by atoms with van der Waals surface area (Å²) < 4.78 is 21.0. The van der Waals surface area contributed by atoms with E-state index in [0.29, 0.717) is 5.52 Å². The predicted molar refractivity (Wildman–Crippen MR) is 71.6 cm³/mol. The molecule has 0 aliphatic carbocycles. The quantitative estimate of drug-likeness (QED) is 0.655. The average Bonchev–Trinajstić information content (AvgIpc) is 2.90. The molecule has 7 nitrogen and oxygen atoms in total. The van der Waals surface area contributed by atoms with Crippen molar-refractivity contribution in [2.75, 3.05) is 6.61 Å². The molecule has 0 radical (unpaired) electrons. The zero-order valence-electron chi connectivity index (χ0n) is 11.3. The van der Waals surface area contributed by atoms with Gasteiger partial charge in [-0.05, 0) is 19.1 Å². The normalized spacial score (nSPS) is 11.2. The predicted octanol–water partition coefficient (Wildman–Crippen LogP) is 0.897. The molecule has 8 heteroatoms. The molecule has 108 valence electrons. The molecule has 2 heterocycles. The summed E-state index contributed by atoms with van der Waals surface area (Å²) in [5, 5.41) is 3.94. The van der Waals surface area contributed by atoms with Crippen LogP contribution in [-0.4, -0.2) is 31.7 Å². The molecule has 21 heavy (non-hydrogen) atoms. The van der Waals surface area contributed by atoms with Crippen LogP contribution in [-0.2, 0) is 11.8 Å². The Balaban J connectivity index is 2.44. The second kappa shape index (κ2) is 4.65. The average molecular weight is 290 g/mol. The highest BCUT2D eigenvalue weighted by molar-refractivity contribution is 5.94. The third-order valence-electron chi connectivity index (χ3n) is 3.11. The third-order valence-corrected chi connectivity index (χ3v) is 3.11. The molecule has 0 fully saturated rings. The highest BCUT2D eigenvalue weighted by atomic mass is 19.1. The summed E-state index contributed by atoms with van der Waals surface area (Å²) in [5.74, 6) is -1.58. The van der Waals surface area contributed by atoms with Gasteiger partial charge in [0, 0.05) is 7.05 Å². The fourth-order valence-electron chi connectivity index (χ4n) is 2.15. The number of benzene rings is 1. The number of carbonyl (C=O) groups excluding carboxylic acids is 1. The van der Waals surface area contributed by atoms with Crippen LogP contribution in [0.2, 0.25) is 0 Å². The lowest BCUT2D eigenvalue weighted by Crippen LogP contribution is -2.26. The standard InChI is InChI=1S/C13H11FN4O3/c1-3-21-12(19)10-15-11-9-7(14)5-4-6-8(9)17(2)13(20)18(11)16-10/h4-6H,3H2,1-2H3. The Bertz CT molecular complexity index is 928. The van der Waals surface area contributed by atoms with Crippen LogP contribution in [0.3, 0.4) is 0 Å². The molecule has 0 unspecified atom stereocenters. The largest absolute Gasteiger partial charge is 0.460 e. The Morgan fingerprint density at radius 3 is 2.90 bits per heavy atom. The van der Waals surface area contributed by atoms with Crippen molar-refractivity contribution in [3.63, 3.8) is 0 Å². The van der Waals surface area contributed by atoms with Gasteiger partial charge in [0.05, 0.1) is 17.5 Å². The fourth-order valence-corrected chi connectivity index (χ4v) is 2.15. The molecule has 0 N–H and O–H groups in total. The van der Waals surface area contributed by atoms with Crippen LogP contribution in [0.4, 0.5) is 4.39 Å². The first-order valence-corrected chi connectivity index (χ1v) is 6.25. The number of esters is 1. The van der Waals surface area contributed by atoms with Crippen LogP contribution in [0.1, 0.15) is 17.5 Å². The molecule has 0 saturated carbocycles. The van der Waals surface area contributed by atoms with Gasteiger partial charge in [0.25, 0.3) is 5.82 Å². The lowest BCUT2D eigenvalue weighted by atomic mass is 10.2. The summed E-state index contributed by atoms with van der Waals surface area (Å²) in [6.45, 7) is 1.79. The minimum Gasteiger partial charge on any atom is -0.460 e. The van der Waals surface area contributed by atoms with Crippen molar-refractivity contribution in [1.82, 2.24) is 19.2 Å². The Hall–Kier alpha value is -2.77. The Kier molecular flexibility index (Phi) is 2.93. The number of hydrogen-bond donors (Lipinski definition) is 0. The van der Waals surface area contributed by atoms with E-state index < -0.39 is 17.5 Å². The molecule has 3 rings (SSSR count). The van der Waals surface area contributed by atoms with Gasteiger partial charge in [-0.25, -0.2) is 19.0 Å². The van der Waals surface area contributed by atoms with Crippen LogP contribution in [0.25, 0.3) is 16.6 Å². The van der Waals surface area contributed by atoms with Gasteiger partial charge in [-0.1, -0.05) is 6.07 Å². The number of halogens is 1. The van der Waals surface area contributed by atoms with E-state index in [2.05, 4.69) is 10.1 Å². The van der Waals surface area contributed by atoms with Crippen molar-refractivity contribution in [2.24, 2.45) is 7.05 Å². The molecule has 0 amide bonds. The van der Waals surface area contributed by atoms with Gasteiger partial charge in [0.15, 0.2) is 5.65 Å². The molecule has 0 atom stereocenters. The topological polar surface area (TPSA) is 78.5 Å². The number of hydrogen-bond acceptors (Lipinski definition) is 5. The van der Waals surface area contributed by atoms with Crippen molar-refractivity contribution < 1.29 is 13.9 Å². The van der Waals surface area contributed by atoms with E-state index in [4.69, 9.17) is 4.74 Å². The van der Waals surface area contributed by atoms with E-state index in [1.54, 1.807) is 13.0 Å². The molecule has 0 bridgehead atoms. The fraction of sp³-hybridized carbons (Fsp3) is 0.231. The zero-order chi connectivity index (χ0) is 15.1. The molecule has 0 spiro atoms. The van der Waals surface area contributed by atoms with Gasteiger partial charge in [0.1, 0.15) is 5.82 Å². The van der Waals surface area contributed by atoms with Crippen molar-refractivity contribution >= 4 is 22.5 Å². The number of aryl methyl sites for hydroxylation is 1. The monoisotopic (exact) mass is 290 g/mol. The zero-order valence-corrected chi connectivity index (χ0v) is 11.3. The smallest absolute Gasteiger partial charge is 0.378 e. The SMILES string of the molecule is CCOC(=O)c1nc2c3c(F)cccc3n(C)c(=O)n2n1. The van der Waals surface area contributed by atoms with Crippen LogP contribution in [0, 0.1) is 5.82 Å². The van der Waals surface area contributed by atoms with Gasteiger partial charge in [-0.3, -0.25) is 4.57 Å². The highest BCUT2D eigenvalue weighted by Crippen LogP contribution is 2.20. The van der Waals surface area contributed by atoms with E-state index in [0.717, 1.165) is 4.52 Å². The molecule has 0 saturated heterocycles. The lowest BCUT2D eigenvalue weighted by Gasteiger charge is -2.05. The molecule has 2 aromatic heterocycles. The summed E-state index contributed by atoms with van der Waals surface area (Å²) in [6.07, 6.45) is 0. The van der Waals surface area contributed by atoms with E-state index in [1.807, 2.05) is 0 Å². The Morgan fingerprint density at radius 1 is 1.43 bits per heavy atom. The minimum absolute atomic E-state index is 0.00532. The van der Waals surface area contributed by atoms with E-state index in [1.165, 1.54) is 23.7 Å². The van der Waals surface area contributed by atoms with Crippen molar-refractivity contribution in [1.29, 1.82) is 0 Å². The maximum Gasteiger partial charge on any atom is 0.378 e. The van der Waals surface area contributed by atoms with Crippen molar-refractivity contribution in [3.05, 3.63) is 40.3 Å². The Labute approximate surface area is 117 Å². The van der Waals surface area contributed by atoms with Crippen LogP contribution in [0.15, 0.2) is 23.0 Å². The lowest BCUT2D eigenvalue weighted by molar-refractivity contribution is 0.0512. The first-order chi connectivity index (χ1) is 10.0. The number of carbonyl (C=O) groups is 1. The Morgan fingerprint density at radius 2 is 2.19 bits per heavy atom. The molecule has 0 aliphatic rings. The van der Waals surface area contributed by atoms with Gasteiger partial charge in [-0.15, -0.1) is 5.10 Å². The summed E-state index contributed by atoms with van der Waals surface area (Å²) >= 11 is 0. The maximum absolute atomic E-state index is 14.1. The first-order valence-electron chi connectivity index (χ1n) is 6.25. The highest BCUT2D eigenvalue weighted by Gasteiger charge is 2.20. The molecular weight excluding hydrogens is 279 g/mol. The van der Waals surface area contributed by atoms with E-state index >= 15 is 0 Å². The summed E-state index contributed by atoms with van der Waals surface area (Å²) in [4.78, 5) is 27.8. The van der Waals surface area contributed by atoms with Crippen molar-refractivity contribution in [2.45, 2.75) is 6.92 Å². The van der Waals surface area contributed by atoms with Crippen molar-refractivity contribution in [3.8, 4) is 0 Å². The third kappa shape index (κ3) is 1.87. The molecule has 1 aromatic carbocycles. The van der Waals surface area contributed by atoms with Gasteiger partial charge >= 0.3 is 11.7 Å². The van der Waals surface area contributed by atoms with E-state index in [9.17, 15) is 14.0 Å². The first kappa shape index (κ1) is 13.2. The summed E-state index contributed by atoms with van der Waals surface area (Å²) in [7, 11) is 1.50.